The first-order valence-corrected chi connectivity index (χ1v) is 6.59. The highest BCUT2D eigenvalue weighted by atomic mass is 35.5. The zero-order valence-corrected chi connectivity index (χ0v) is 11.4. The lowest BCUT2D eigenvalue weighted by atomic mass is 10.0. The SMILES string of the molecule is O=C1O[C@H]2COC(=O)[C@@H]2C=C1NC(=O)c1ccc(Cl)cc1. The lowest BCUT2D eigenvalue weighted by Gasteiger charge is -2.21. The highest BCUT2D eigenvalue weighted by Gasteiger charge is 2.42. The van der Waals surface area contributed by atoms with Crippen molar-refractivity contribution in [3.05, 3.63) is 46.6 Å². The molecule has 1 fully saturated rings. The molecule has 3 rings (SSSR count). The van der Waals surface area contributed by atoms with E-state index in [1.165, 1.54) is 18.2 Å². The number of benzene rings is 1. The molecule has 1 aromatic carbocycles. The molecule has 0 aromatic heterocycles. The summed E-state index contributed by atoms with van der Waals surface area (Å²) in [6.45, 7) is 0.0458. The van der Waals surface area contributed by atoms with Crippen LogP contribution in [0.15, 0.2) is 36.0 Å². The van der Waals surface area contributed by atoms with Crippen molar-refractivity contribution in [1.82, 2.24) is 5.32 Å². The Morgan fingerprint density at radius 2 is 1.95 bits per heavy atom. The monoisotopic (exact) mass is 307 g/mol. The average molecular weight is 308 g/mol. The summed E-state index contributed by atoms with van der Waals surface area (Å²) in [7, 11) is 0. The second-order valence-corrected chi connectivity index (χ2v) is 5.08. The maximum Gasteiger partial charge on any atom is 0.354 e. The molecule has 2 aliphatic rings. The van der Waals surface area contributed by atoms with Gasteiger partial charge < -0.3 is 14.8 Å². The number of carbonyl (C=O) groups is 3. The fraction of sp³-hybridized carbons (Fsp3) is 0.214. The first kappa shape index (κ1) is 13.6. The summed E-state index contributed by atoms with van der Waals surface area (Å²) in [5.41, 5.74) is 0.277. The fourth-order valence-electron chi connectivity index (χ4n) is 2.14. The molecule has 0 radical (unpaired) electrons. The lowest BCUT2D eigenvalue weighted by molar-refractivity contribution is -0.147. The van der Waals surface area contributed by atoms with Crippen LogP contribution < -0.4 is 5.32 Å². The summed E-state index contributed by atoms with van der Waals surface area (Å²) in [6, 6.07) is 6.18. The van der Waals surface area contributed by atoms with Gasteiger partial charge in [-0.3, -0.25) is 9.59 Å². The Bertz CT molecular complexity index is 652. The van der Waals surface area contributed by atoms with E-state index in [2.05, 4.69) is 5.32 Å². The van der Waals surface area contributed by atoms with Crippen LogP contribution in [0.3, 0.4) is 0 Å². The Hall–Kier alpha value is -2.34. The summed E-state index contributed by atoms with van der Waals surface area (Å²) < 4.78 is 9.87. The molecule has 21 heavy (non-hydrogen) atoms. The van der Waals surface area contributed by atoms with Gasteiger partial charge in [-0.1, -0.05) is 11.6 Å². The minimum atomic E-state index is -0.683. The molecule has 0 saturated carbocycles. The Balaban J connectivity index is 1.78. The number of hydrogen-bond donors (Lipinski definition) is 1. The standard InChI is InChI=1S/C14H10ClNO5/c15-8-3-1-7(2-4-8)12(17)16-10-5-9-11(21-14(10)19)6-20-13(9)18/h1-5,9,11H,6H2,(H,16,17)/t9-,11+/m1/s1. The van der Waals surface area contributed by atoms with Crippen molar-refractivity contribution < 1.29 is 23.9 Å². The molecule has 6 nitrogen and oxygen atoms in total. The van der Waals surface area contributed by atoms with E-state index in [4.69, 9.17) is 21.1 Å². The predicted octanol–water partition coefficient (Wildman–Crippen LogP) is 1.05. The van der Waals surface area contributed by atoms with Gasteiger partial charge in [0.05, 0.1) is 0 Å². The van der Waals surface area contributed by atoms with E-state index < -0.39 is 29.9 Å². The van der Waals surface area contributed by atoms with E-state index in [-0.39, 0.29) is 12.3 Å². The molecule has 2 aliphatic heterocycles. The molecule has 2 atom stereocenters. The van der Waals surface area contributed by atoms with Crippen molar-refractivity contribution in [1.29, 1.82) is 0 Å². The summed E-state index contributed by atoms with van der Waals surface area (Å²) in [5, 5.41) is 2.93. The van der Waals surface area contributed by atoms with Crippen molar-refractivity contribution in [2.45, 2.75) is 6.10 Å². The highest BCUT2D eigenvalue weighted by Crippen LogP contribution is 2.26. The molecular formula is C14H10ClNO5. The van der Waals surface area contributed by atoms with E-state index in [1.807, 2.05) is 0 Å². The third kappa shape index (κ3) is 2.62. The van der Waals surface area contributed by atoms with Crippen LogP contribution in [0.1, 0.15) is 10.4 Å². The largest absolute Gasteiger partial charge is 0.461 e. The number of amides is 1. The van der Waals surface area contributed by atoms with E-state index in [9.17, 15) is 14.4 Å². The van der Waals surface area contributed by atoms with Crippen molar-refractivity contribution in [3.63, 3.8) is 0 Å². The summed E-state index contributed by atoms with van der Waals surface area (Å²) >= 11 is 5.74. The van der Waals surface area contributed by atoms with Crippen LogP contribution in [0, 0.1) is 5.92 Å². The molecule has 7 heteroatoms. The number of ether oxygens (including phenoxy) is 2. The smallest absolute Gasteiger partial charge is 0.354 e. The minimum absolute atomic E-state index is 0.0458. The summed E-state index contributed by atoms with van der Waals surface area (Å²) in [6.07, 6.45) is 0.765. The van der Waals surface area contributed by atoms with E-state index in [0.717, 1.165) is 0 Å². The third-order valence-electron chi connectivity index (χ3n) is 3.24. The van der Waals surface area contributed by atoms with Gasteiger partial charge in [0, 0.05) is 10.6 Å². The number of esters is 2. The van der Waals surface area contributed by atoms with Gasteiger partial charge in [-0.25, -0.2) is 4.79 Å². The second-order valence-electron chi connectivity index (χ2n) is 4.64. The van der Waals surface area contributed by atoms with Crippen LogP contribution in [-0.2, 0) is 19.1 Å². The Morgan fingerprint density at radius 1 is 1.24 bits per heavy atom. The average Bonchev–Trinajstić information content (AvgIpc) is 2.81. The number of carbonyl (C=O) groups excluding carboxylic acids is 3. The van der Waals surface area contributed by atoms with Crippen LogP contribution in [0.2, 0.25) is 5.02 Å². The van der Waals surface area contributed by atoms with E-state index in [0.29, 0.717) is 10.6 Å². The number of nitrogens with one attached hydrogen (secondary N) is 1. The van der Waals surface area contributed by atoms with Gasteiger partial charge in [-0.15, -0.1) is 0 Å². The van der Waals surface area contributed by atoms with Gasteiger partial charge in [0.15, 0.2) is 6.10 Å². The molecule has 0 bridgehead atoms. The first-order valence-electron chi connectivity index (χ1n) is 6.21. The minimum Gasteiger partial charge on any atom is -0.461 e. The van der Waals surface area contributed by atoms with Gasteiger partial charge in [-0.05, 0) is 30.3 Å². The number of fused-ring (bicyclic) bond motifs is 1. The molecule has 0 aliphatic carbocycles. The Morgan fingerprint density at radius 3 is 2.67 bits per heavy atom. The topological polar surface area (TPSA) is 81.7 Å². The molecule has 1 aromatic rings. The van der Waals surface area contributed by atoms with Crippen molar-refractivity contribution >= 4 is 29.4 Å². The van der Waals surface area contributed by atoms with Crippen LogP contribution >= 0.6 is 11.6 Å². The fourth-order valence-corrected chi connectivity index (χ4v) is 2.26. The zero-order chi connectivity index (χ0) is 15.0. The van der Waals surface area contributed by atoms with Gasteiger partial charge in [0.2, 0.25) is 0 Å². The van der Waals surface area contributed by atoms with Gasteiger partial charge >= 0.3 is 11.9 Å². The van der Waals surface area contributed by atoms with Crippen molar-refractivity contribution in [2.24, 2.45) is 5.92 Å². The van der Waals surface area contributed by atoms with Crippen LogP contribution in [0.4, 0.5) is 0 Å². The van der Waals surface area contributed by atoms with Crippen LogP contribution in [0.5, 0.6) is 0 Å². The first-order chi connectivity index (χ1) is 10.0. The number of cyclic esters (lactones) is 1. The van der Waals surface area contributed by atoms with Crippen molar-refractivity contribution in [2.75, 3.05) is 6.61 Å². The lowest BCUT2D eigenvalue weighted by Crippen LogP contribution is -2.38. The van der Waals surface area contributed by atoms with Crippen LogP contribution in [0.25, 0.3) is 0 Å². The second kappa shape index (κ2) is 5.21. The molecule has 1 amide bonds. The van der Waals surface area contributed by atoms with Gasteiger partial charge in [0.1, 0.15) is 18.2 Å². The number of rotatable bonds is 2. The Labute approximate surface area is 124 Å². The molecule has 1 N–H and O–H groups in total. The van der Waals surface area contributed by atoms with Crippen LogP contribution in [-0.4, -0.2) is 30.6 Å². The van der Waals surface area contributed by atoms with E-state index >= 15 is 0 Å². The predicted molar refractivity (Wildman–Crippen MR) is 71.3 cm³/mol. The maximum atomic E-state index is 12.0. The van der Waals surface area contributed by atoms with Crippen molar-refractivity contribution in [3.8, 4) is 0 Å². The molecule has 0 spiro atoms. The third-order valence-corrected chi connectivity index (χ3v) is 3.49. The molecule has 108 valence electrons. The molecule has 1 saturated heterocycles. The number of hydrogen-bond acceptors (Lipinski definition) is 5. The normalized spacial score (nSPS) is 23.8. The zero-order valence-electron chi connectivity index (χ0n) is 10.7. The Kier molecular flexibility index (Phi) is 3.39. The molecule has 2 heterocycles. The van der Waals surface area contributed by atoms with Gasteiger partial charge in [0.25, 0.3) is 5.91 Å². The number of halogens is 1. The molecule has 0 unspecified atom stereocenters. The quantitative estimate of drug-likeness (QED) is 0.826. The van der Waals surface area contributed by atoms with E-state index in [1.54, 1.807) is 12.1 Å². The summed E-state index contributed by atoms with van der Waals surface area (Å²) in [5.74, 6) is -2.30. The highest BCUT2D eigenvalue weighted by molar-refractivity contribution is 6.30. The molecular weight excluding hydrogens is 298 g/mol. The van der Waals surface area contributed by atoms with Gasteiger partial charge in [-0.2, -0.15) is 0 Å². The summed E-state index contributed by atoms with van der Waals surface area (Å²) in [4.78, 5) is 35.3. The maximum absolute atomic E-state index is 12.0.